The van der Waals surface area contributed by atoms with Crippen LogP contribution in [-0.2, 0) is 19.4 Å². The second-order valence-corrected chi connectivity index (χ2v) is 7.60. The van der Waals surface area contributed by atoms with Crippen molar-refractivity contribution in [2.24, 2.45) is 5.41 Å². The summed E-state index contributed by atoms with van der Waals surface area (Å²) in [7, 11) is -1.95. The zero-order valence-corrected chi connectivity index (χ0v) is 11.1. The molecule has 1 saturated carbocycles. The van der Waals surface area contributed by atoms with Gasteiger partial charge in [0.25, 0.3) is 0 Å². The first kappa shape index (κ1) is 13.3. The molecule has 0 spiro atoms. The number of carboxylic acid groups (broad SMARTS) is 1. The van der Waals surface area contributed by atoms with Crippen LogP contribution >= 0.6 is 0 Å². The highest BCUT2D eigenvalue weighted by atomic mass is 32.2. The van der Waals surface area contributed by atoms with Gasteiger partial charge in [-0.15, -0.1) is 0 Å². The molecule has 1 atom stereocenters. The number of hydrogen-bond donors (Lipinski definition) is 1. The second kappa shape index (κ2) is 4.22. The Morgan fingerprint density at radius 1 is 1.50 bits per heavy atom. The van der Waals surface area contributed by atoms with Gasteiger partial charge in [0.2, 0.25) is 5.91 Å². The van der Waals surface area contributed by atoms with Gasteiger partial charge in [0.05, 0.1) is 12.2 Å². The predicted octanol–water partition coefficient (Wildman–Crippen LogP) is -0.113. The van der Waals surface area contributed by atoms with Crippen molar-refractivity contribution in [1.82, 2.24) is 4.90 Å². The van der Waals surface area contributed by atoms with Crippen LogP contribution in [0, 0.1) is 5.41 Å². The van der Waals surface area contributed by atoms with Crippen LogP contribution in [0.4, 0.5) is 0 Å². The minimum Gasteiger partial charge on any atom is -0.481 e. The van der Waals surface area contributed by atoms with Crippen LogP contribution in [0.3, 0.4) is 0 Å². The zero-order chi connectivity index (χ0) is 13.6. The highest BCUT2D eigenvalue weighted by Gasteiger charge is 2.51. The first-order valence-electron chi connectivity index (χ1n) is 5.94. The van der Waals surface area contributed by atoms with Crippen molar-refractivity contribution < 1.29 is 23.1 Å². The minimum absolute atomic E-state index is 0.122. The molecule has 2 fully saturated rings. The van der Waals surface area contributed by atoms with Gasteiger partial charge in [0.1, 0.15) is 5.25 Å². The molecule has 0 aromatic heterocycles. The first-order chi connectivity index (χ1) is 8.26. The number of sulfone groups is 1. The molecular weight excluding hydrogens is 258 g/mol. The van der Waals surface area contributed by atoms with E-state index in [1.165, 1.54) is 4.90 Å². The molecule has 18 heavy (non-hydrogen) atoms. The van der Waals surface area contributed by atoms with E-state index in [9.17, 15) is 18.0 Å². The average molecular weight is 275 g/mol. The van der Waals surface area contributed by atoms with E-state index >= 15 is 0 Å². The number of hydrogen-bond acceptors (Lipinski definition) is 4. The van der Waals surface area contributed by atoms with Gasteiger partial charge in [-0.25, -0.2) is 8.42 Å². The molecule has 1 heterocycles. The Labute approximate surface area is 106 Å². The molecule has 0 aromatic rings. The average Bonchev–Trinajstić information content (AvgIpc) is 2.85. The lowest BCUT2D eigenvalue weighted by Crippen LogP contribution is -2.35. The van der Waals surface area contributed by atoms with Crippen molar-refractivity contribution in [2.45, 2.75) is 30.9 Å². The summed E-state index contributed by atoms with van der Waals surface area (Å²) in [6.45, 7) is 0.453. The lowest BCUT2D eigenvalue weighted by atomic mass is 10.1. The molecule has 1 N–H and O–H groups in total. The highest BCUT2D eigenvalue weighted by Crippen LogP contribution is 2.50. The molecule has 0 radical (unpaired) electrons. The summed E-state index contributed by atoms with van der Waals surface area (Å²) in [6, 6.07) is 0. The first-order valence-corrected chi connectivity index (χ1v) is 7.66. The second-order valence-electron chi connectivity index (χ2n) is 5.41. The Hall–Kier alpha value is -1.11. The SMILES string of the molecule is CN1CCC(S(=O)(=O)CC2(CC(=O)O)CC2)C1=O. The third-order valence-electron chi connectivity index (χ3n) is 3.80. The molecule has 2 rings (SSSR count). The fourth-order valence-electron chi connectivity index (χ4n) is 2.52. The van der Waals surface area contributed by atoms with E-state index in [-0.39, 0.29) is 18.1 Å². The van der Waals surface area contributed by atoms with Gasteiger partial charge in [-0.05, 0) is 24.7 Å². The molecule has 1 aliphatic carbocycles. The number of carboxylic acids is 1. The van der Waals surface area contributed by atoms with Crippen LogP contribution in [0.2, 0.25) is 0 Å². The van der Waals surface area contributed by atoms with Gasteiger partial charge in [-0.3, -0.25) is 9.59 Å². The molecule has 1 amide bonds. The smallest absolute Gasteiger partial charge is 0.303 e. The summed E-state index contributed by atoms with van der Waals surface area (Å²) in [4.78, 5) is 23.8. The summed E-state index contributed by atoms with van der Waals surface area (Å²) < 4.78 is 24.4. The van der Waals surface area contributed by atoms with Crippen LogP contribution in [-0.4, -0.2) is 54.9 Å². The lowest BCUT2D eigenvalue weighted by Gasteiger charge is -2.16. The molecule has 6 nitrogen and oxygen atoms in total. The van der Waals surface area contributed by atoms with Crippen LogP contribution in [0.15, 0.2) is 0 Å². The van der Waals surface area contributed by atoms with Crippen molar-refractivity contribution in [2.75, 3.05) is 19.3 Å². The lowest BCUT2D eigenvalue weighted by molar-refractivity contribution is -0.138. The number of carbonyl (C=O) groups excluding carboxylic acids is 1. The minimum atomic E-state index is -3.54. The van der Waals surface area contributed by atoms with Gasteiger partial charge in [-0.2, -0.15) is 0 Å². The summed E-state index contributed by atoms with van der Waals surface area (Å²) in [5.74, 6) is -1.50. The Balaban J connectivity index is 2.09. The Bertz CT molecular complexity index is 480. The fraction of sp³-hybridized carbons (Fsp3) is 0.818. The number of likely N-dealkylation sites (tertiary alicyclic amines) is 1. The Morgan fingerprint density at radius 2 is 2.11 bits per heavy atom. The molecule has 1 aliphatic heterocycles. The van der Waals surface area contributed by atoms with E-state index in [0.717, 1.165) is 0 Å². The molecule has 0 aromatic carbocycles. The summed E-state index contributed by atoms with van der Waals surface area (Å²) >= 11 is 0. The van der Waals surface area contributed by atoms with Crippen LogP contribution in [0.5, 0.6) is 0 Å². The van der Waals surface area contributed by atoms with E-state index in [1.807, 2.05) is 0 Å². The number of aliphatic carboxylic acids is 1. The van der Waals surface area contributed by atoms with Crippen LogP contribution < -0.4 is 0 Å². The standard InChI is InChI=1S/C11H17NO5S/c1-12-5-2-8(10(12)15)18(16,17)7-11(3-4-11)6-9(13)14/h8H,2-7H2,1H3,(H,13,14). The largest absolute Gasteiger partial charge is 0.481 e. The monoisotopic (exact) mass is 275 g/mol. The van der Waals surface area contributed by atoms with Crippen molar-refractivity contribution in [3.05, 3.63) is 0 Å². The van der Waals surface area contributed by atoms with Gasteiger partial charge in [0, 0.05) is 13.6 Å². The van der Waals surface area contributed by atoms with Crippen molar-refractivity contribution in [3.8, 4) is 0 Å². The maximum atomic E-state index is 12.2. The molecular formula is C11H17NO5S. The normalized spacial score (nSPS) is 26.4. The molecule has 1 unspecified atom stereocenters. The predicted molar refractivity (Wildman–Crippen MR) is 63.7 cm³/mol. The number of nitrogens with zero attached hydrogens (tertiary/aromatic N) is 1. The van der Waals surface area contributed by atoms with E-state index < -0.39 is 26.5 Å². The molecule has 2 aliphatic rings. The third-order valence-corrected chi connectivity index (χ3v) is 6.12. The van der Waals surface area contributed by atoms with Gasteiger partial charge < -0.3 is 10.0 Å². The fourth-order valence-corrected chi connectivity index (χ4v) is 4.92. The van der Waals surface area contributed by atoms with Gasteiger partial charge in [-0.1, -0.05) is 0 Å². The maximum absolute atomic E-state index is 12.2. The molecule has 1 saturated heterocycles. The van der Waals surface area contributed by atoms with E-state index in [0.29, 0.717) is 25.8 Å². The number of carbonyl (C=O) groups is 2. The third kappa shape index (κ3) is 2.50. The molecule has 102 valence electrons. The maximum Gasteiger partial charge on any atom is 0.303 e. The molecule has 7 heteroatoms. The van der Waals surface area contributed by atoms with E-state index in [2.05, 4.69) is 0 Å². The van der Waals surface area contributed by atoms with Crippen molar-refractivity contribution >= 4 is 21.7 Å². The Kier molecular flexibility index (Phi) is 3.12. The quantitative estimate of drug-likeness (QED) is 0.755. The summed E-state index contributed by atoms with van der Waals surface area (Å²) in [5.41, 5.74) is -0.619. The van der Waals surface area contributed by atoms with Crippen LogP contribution in [0.1, 0.15) is 25.7 Å². The van der Waals surface area contributed by atoms with E-state index in [4.69, 9.17) is 5.11 Å². The number of amides is 1. The Morgan fingerprint density at radius 3 is 2.50 bits per heavy atom. The zero-order valence-electron chi connectivity index (χ0n) is 10.3. The van der Waals surface area contributed by atoms with Gasteiger partial charge in [0.15, 0.2) is 9.84 Å². The topological polar surface area (TPSA) is 91.8 Å². The summed E-state index contributed by atoms with van der Waals surface area (Å²) in [6.07, 6.45) is 1.44. The van der Waals surface area contributed by atoms with Gasteiger partial charge >= 0.3 is 5.97 Å². The van der Waals surface area contributed by atoms with Crippen LogP contribution in [0.25, 0.3) is 0 Å². The highest BCUT2D eigenvalue weighted by molar-refractivity contribution is 7.92. The molecule has 0 bridgehead atoms. The summed E-state index contributed by atoms with van der Waals surface area (Å²) in [5, 5.41) is 7.81. The van der Waals surface area contributed by atoms with Crippen molar-refractivity contribution in [1.29, 1.82) is 0 Å². The van der Waals surface area contributed by atoms with Crippen molar-refractivity contribution in [3.63, 3.8) is 0 Å². The number of rotatable bonds is 5. The van der Waals surface area contributed by atoms with E-state index in [1.54, 1.807) is 7.05 Å².